The Balaban J connectivity index is 2.00. The van der Waals surface area contributed by atoms with Gasteiger partial charge in [0.2, 0.25) is 5.91 Å². The molecule has 2 unspecified atom stereocenters. The molecule has 1 saturated carbocycles. The van der Waals surface area contributed by atoms with Gasteiger partial charge in [-0.05, 0) is 43.4 Å². The Morgan fingerprint density at radius 3 is 2.70 bits per heavy atom. The molecule has 142 valence electrons. The standard InChI is InChI=1S/C23H29N3O/c1-5-23(12-16(2)11-17(3)13-23)14-20-22(25-18(4)27)24-15-21(26-20)19-9-7-6-8-10-19/h6-10,15,17H,2,5,11-14H2,1,3-4H3,(H,24,25,27). The average Bonchev–Trinajstić information content (AvgIpc) is 2.62. The van der Waals surface area contributed by atoms with Gasteiger partial charge in [-0.25, -0.2) is 9.97 Å². The average molecular weight is 364 g/mol. The summed E-state index contributed by atoms with van der Waals surface area (Å²) in [4.78, 5) is 21.1. The number of allylic oxidation sites excluding steroid dienone is 1. The summed E-state index contributed by atoms with van der Waals surface area (Å²) in [7, 11) is 0. The minimum atomic E-state index is -0.120. The summed E-state index contributed by atoms with van der Waals surface area (Å²) in [6.45, 7) is 10.3. The first-order valence-electron chi connectivity index (χ1n) is 9.76. The fraction of sp³-hybridized carbons (Fsp3) is 0.435. The number of aromatic nitrogens is 2. The lowest BCUT2D eigenvalue weighted by molar-refractivity contribution is -0.114. The lowest BCUT2D eigenvalue weighted by Gasteiger charge is -2.40. The number of carbonyl (C=O) groups is 1. The van der Waals surface area contributed by atoms with Crippen molar-refractivity contribution in [3.05, 3.63) is 54.4 Å². The fourth-order valence-corrected chi connectivity index (χ4v) is 4.43. The smallest absolute Gasteiger partial charge is 0.222 e. The summed E-state index contributed by atoms with van der Waals surface area (Å²) in [6, 6.07) is 10.1. The Morgan fingerprint density at radius 2 is 2.07 bits per heavy atom. The van der Waals surface area contributed by atoms with Crippen molar-refractivity contribution in [3.8, 4) is 11.3 Å². The molecule has 1 heterocycles. The van der Waals surface area contributed by atoms with E-state index in [-0.39, 0.29) is 11.3 Å². The lowest BCUT2D eigenvalue weighted by atomic mass is 9.65. The van der Waals surface area contributed by atoms with Crippen LogP contribution in [-0.2, 0) is 11.2 Å². The van der Waals surface area contributed by atoms with E-state index in [0.29, 0.717) is 11.7 Å². The monoisotopic (exact) mass is 363 g/mol. The number of hydrogen-bond donors (Lipinski definition) is 1. The minimum absolute atomic E-state index is 0.120. The molecule has 2 aromatic rings. The van der Waals surface area contributed by atoms with Crippen LogP contribution in [0.1, 0.15) is 52.1 Å². The van der Waals surface area contributed by atoms with Crippen molar-refractivity contribution in [1.82, 2.24) is 9.97 Å². The number of carbonyl (C=O) groups excluding carboxylic acids is 1. The highest BCUT2D eigenvalue weighted by Gasteiger charge is 2.36. The highest BCUT2D eigenvalue weighted by atomic mass is 16.1. The highest BCUT2D eigenvalue weighted by Crippen LogP contribution is 2.46. The highest BCUT2D eigenvalue weighted by molar-refractivity contribution is 5.88. The van der Waals surface area contributed by atoms with E-state index in [1.165, 1.54) is 12.5 Å². The molecule has 0 saturated heterocycles. The van der Waals surface area contributed by atoms with Gasteiger partial charge in [0.05, 0.1) is 17.6 Å². The molecule has 4 nitrogen and oxygen atoms in total. The van der Waals surface area contributed by atoms with Crippen molar-refractivity contribution in [1.29, 1.82) is 0 Å². The Hall–Kier alpha value is -2.49. The Morgan fingerprint density at radius 1 is 1.33 bits per heavy atom. The quantitative estimate of drug-likeness (QED) is 0.722. The zero-order valence-corrected chi connectivity index (χ0v) is 16.6. The molecule has 0 radical (unpaired) electrons. The zero-order chi connectivity index (χ0) is 19.4. The molecule has 2 atom stereocenters. The van der Waals surface area contributed by atoms with Gasteiger partial charge in [-0.2, -0.15) is 0 Å². The second-order valence-electron chi connectivity index (χ2n) is 8.07. The number of rotatable bonds is 5. The first kappa shape index (κ1) is 19.3. The third-order valence-corrected chi connectivity index (χ3v) is 5.54. The largest absolute Gasteiger partial charge is 0.309 e. The maximum absolute atomic E-state index is 11.7. The summed E-state index contributed by atoms with van der Waals surface area (Å²) >= 11 is 0. The van der Waals surface area contributed by atoms with E-state index in [2.05, 4.69) is 30.7 Å². The third-order valence-electron chi connectivity index (χ3n) is 5.54. The number of nitrogens with one attached hydrogen (secondary N) is 1. The molecule has 3 rings (SSSR count). The van der Waals surface area contributed by atoms with Gasteiger partial charge in [0.25, 0.3) is 0 Å². The summed E-state index contributed by atoms with van der Waals surface area (Å²) < 4.78 is 0. The van der Waals surface area contributed by atoms with Crippen LogP contribution >= 0.6 is 0 Å². The molecule has 1 fully saturated rings. The molecular weight excluding hydrogens is 334 g/mol. The molecule has 1 aromatic carbocycles. The van der Waals surface area contributed by atoms with E-state index in [4.69, 9.17) is 4.98 Å². The van der Waals surface area contributed by atoms with E-state index in [1.54, 1.807) is 6.20 Å². The van der Waals surface area contributed by atoms with Crippen molar-refractivity contribution in [2.24, 2.45) is 11.3 Å². The van der Waals surface area contributed by atoms with E-state index in [9.17, 15) is 4.79 Å². The van der Waals surface area contributed by atoms with E-state index in [1.807, 2.05) is 30.3 Å². The van der Waals surface area contributed by atoms with E-state index < -0.39 is 0 Å². The van der Waals surface area contributed by atoms with Gasteiger partial charge in [0, 0.05) is 12.5 Å². The number of hydrogen-bond acceptors (Lipinski definition) is 3. The van der Waals surface area contributed by atoms with Crippen LogP contribution in [0.5, 0.6) is 0 Å². The summed E-state index contributed by atoms with van der Waals surface area (Å²) in [5.41, 5.74) is 4.20. The summed E-state index contributed by atoms with van der Waals surface area (Å²) in [5, 5.41) is 2.87. The van der Waals surface area contributed by atoms with Crippen molar-refractivity contribution in [2.75, 3.05) is 5.32 Å². The molecule has 27 heavy (non-hydrogen) atoms. The van der Waals surface area contributed by atoms with Gasteiger partial charge in [-0.15, -0.1) is 0 Å². The zero-order valence-electron chi connectivity index (χ0n) is 16.6. The van der Waals surface area contributed by atoms with Crippen LogP contribution < -0.4 is 5.32 Å². The fourth-order valence-electron chi connectivity index (χ4n) is 4.43. The molecule has 0 bridgehead atoms. The normalized spacial score (nSPS) is 22.5. The minimum Gasteiger partial charge on any atom is -0.309 e. The summed E-state index contributed by atoms with van der Waals surface area (Å²) in [5.74, 6) is 1.09. The van der Waals surface area contributed by atoms with Gasteiger partial charge in [0.15, 0.2) is 5.82 Å². The second-order valence-corrected chi connectivity index (χ2v) is 8.07. The van der Waals surface area contributed by atoms with Crippen LogP contribution in [0.25, 0.3) is 11.3 Å². The summed E-state index contributed by atoms with van der Waals surface area (Å²) in [6.07, 6.45) is 6.88. The van der Waals surface area contributed by atoms with Crippen LogP contribution in [0, 0.1) is 11.3 Å². The van der Waals surface area contributed by atoms with Crippen molar-refractivity contribution < 1.29 is 4.79 Å². The number of nitrogens with zero attached hydrogens (tertiary/aromatic N) is 2. The Kier molecular flexibility index (Phi) is 5.73. The Labute approximate surface area is 162 Å². The Bertz CT molecular complexity index is 831. The molecule has 1 N–H and O–H groups in total. The third kappa shape index (κ3) is 4.62. The first-order chi connectivity index (χ1) is 12.9. The van der Waals surface area contributed by atoms with Crippen LogP contribution in [0.15, 0.2) is 48.7 Å². The molecule has 1 amide bonds. The lowest BCUT2D eigenvalue weighted by Crippen LogP contribution is -2.31. The molecule has 1 aromatic heterocycles. The first-order valence-corrected chi connectivity index (χ1v) is 9.76. The molecule has 1 aliphatic carbocycles. The maximum Gasteiger partial charge on any atom is 0.222 e. The van der Waals surface area contributed by atoms with Crippen LogP contribution in [0.2, 0.25) is 0 Å². The number of amides is 1. The van der Waals surface area contributed by atoms with Gasteiger partial charge < -0.3 is 5.32 Å². The number of anilines is 1. The van der Waals surface area contributed by atoms with Crippen LogP contribution in [-0.4, -0.2) is 15.9 Å². The number of benzene rings is 1. The topological polar surface area (TPSA) is 54.9 Å². The predicted molar refractivity (Wildman–Crippen MR) is 110 cm³/mol. The molecule has 1 aliphatic rings. The van der Waals surface area contributed by atoms with Gasteiger partial charge in [0.1, 0.15) is 0 Å². The van der Waals surface area contributed by atoms with Gasteiger partial charge in [-0.1, -0.05) is 56.3 Å². The second kappa shape index (κ2) is 8.03. The van der Waals surface area contributed by atoms with Crippen molar-refractivity contribution in [3.63, 3.8) is 0 Å². The van der Waals surface area contributed by atoms with E-state index >= 15 is 0 Å². The van der Waals surface area contributed by atoms with Crippen molar-refractivity contribution in [2.45, 2.75) is 52.9 Å². The molecule has 0 aliphatic heterocycles. The van der Waals surface area contributed by atoms with Gasteiger partial charge >= 0.3 is 0 Å². The predicted octanol–water partition coefficient (Wildman–Crippen LogP) is 5.42. The van der Waals surface area contributed by atoms with E-state index in [0.717, 1.165) is 49.1 Å². The van der Waals surface area contributed by atoms with Gasteiger partial charge in [-0.3, -0.25) is 4.79 Å². The molecule has 4 heteroatoms. The van der Waals surface area contributed by atoms with Crippen LogP contribution in [0.3, 0.4) is 0 Å². The maximum atomic E-state index is 11.7. The van der Waals surface area contributed by atoms with Crippen molar-refractivity contribution >= 4 is 11.7 Å². The molecule has 0 spiro atoms. The SMILES string of the molecule is C=C1CC(C)CC(CC)(Cc2nc(-c3ccccc3)cnc2NC(C)=O)C1. The van der Waals surface area contributed by atoms with Crippen LogP contribution in [0.4, 0.5) is 5.82 Å². The molecular formula is C23H29N3O.